The quantitative estimate of drug-likeness (QED) is 0.146. The molecule has 5 nitrogen and oxygen atoms in total. The van der Waals surface area contributed by atoms with Crippen molar-refractivity contribution in [3.05, 3.63) is 76.6 Å². The lowest BCUT2D eigenvalue weighted by Gasteiger charge is -2.19. The fourth-order valence-corrected chi connectivity index (χ4v) is 4.61. The maximum absolute atomic E-state index is 13.8. The molecule has 0 aliphatic carbocycles. The summed E-state index contributed by atoms with van der Waals surface area (Å²) in [5, 5.41) is 0.650. The predicted octanol–water partition coefficient (Wildman–Crippen LogP) is 8.34. The average molecular weight is 532 g/mol. The van der Waals surface area contributed by atoms with Crippen molar-refractivity contribution in [3.8, 4) is 0 Å². The summed E-state index contributed by atoms with van der Waals surface area (Å²) in [5.74, 6) is 0.461. The lowest BCUT2D eigenvalue weighted by Crippen LogP contribution is -2.26. The van der Waals surface area contributed by atoms with E-state index >= 15 is 0 Å². The van der Waals surface area contributed by atoms with Crippen LogP contribution in [0.4, 0.5) is 0 Å². The van der Waals surface area contributed by atoms with Crippen LogP contribution in [-0.4, -0.2) is 42.4 Å². The van der Waals surface area contributed by atoms with E-state index in [1.807, 2.05) is 38.1 Å². The first-order chi connectivity index (χ1) is 18.7. The molecule has 0 unspecified atom stereocenters. The summed E-state index contributed by atoms with van der Waals surface area (Å²) < 4.78 is 11.5. The van der Waals surface area contributed by atoms with Crippen LogP contribution in [0.2, 0.25) is 0 Å². The molecule has 0 fully saturated rings. The van der Waals surface area contributed by atoms with E-state index in [0.29, 0.717) is 45.8 Å². The molecule has 210 valence electrons. The molecule has 0 saturated carbocycles. The van der Waals surface area contributed by atoms with Crippen LogP contribution in [-0.2, 0) is 11.2 Å². The Morgan fingerprint density at radius 2 is 1.56 bits per heavy atom. The van der Waals surface area contributed by atoms with Crippen molar-refractivity contribution in [3.63, 3.8) is 0 Å². The predicted molar refractivity (Wildman–Crippen MR) is 160 cm³/mol. The first-order valence-electron chi connectivity index (χ1n) is 14.5. The lowest BCUT2D eigenvalue weighted by atomic mass is 9.95. The minimum atomic E-state index is -0.406. The molecule has 3 rings (SSSR count). The number of carbonyl (C=O) groups excluding carboxylic acids is 2. The number of furan rings is 1. The number of nitrogens with zero attached hydrogens (tertiary/aromatic N) is 1. The maximum atomic E-state index is 13.8. The van der Waals surface area contributed by atoms with Crippen LogP contribution in [0.5, 0.6) is 0 Å². The molecule has 0 N–H and O–H groups in total. The van der Waals surface area contributed by atoms with E-state index in [4.69, 9.17) is 9.15 Å². The zero-order chi connectivity index (χ0) is 28.4. The molecule has 3 aromatic rings. The fraction of sp³-hybridized carbons (Fsp3) is 0.471. The van der Waals surface area contributed by atoms with Gasteiger partial charge in [-0.1, -0.05) is 77.0 Å². The SMILES string of the molecule is CCCCN(CC=Cc1ccc(C(=O)c2c(CC(C)C)oc3ccc(C(=O)OC(C)C)cc23)cc1)CCCC. The highest BCUT2D eigenvalue weighted by Crippen LogP contribution is 2.31. The molecule has 0 spiro atoms. The van der Waals surface area contributed by atoms with Crippen molar-refractivity contribution in [2.45, 2.75) is 79.8 Å². The molecule has 0 aliphatic rings. The van der Waals surface area contributed by atoms with Gasteiger partial charge in [-0.3, -0.25) is 9.69 Å². The minimum absolute atomic E-state index is 0.0976. The number of ketones is 1. The highest BCUT2D eigenvalue weighted by molar-refractivity contribution is 6.17. The van der Waals surface area contributed by atoms with Gasteiger partial charge in [0.05, 0.1) is 17.2 Å². The van der Waals surface area contributed by atoms with Gasteiger partial charge < -0.3 is 9.15 Å². The van der Waals surface area contributed by atoms with Crippen molar-refractivity contribution in [1.29, 1.82) is 0 Å². The molecule has 5 heteroatoms. The van der Waals surface area contributed by atoms with Gasteiger partial charge >= 0.3 is 5.97 Å². The average Bonchev–Trinajstić information content (AvgIpc) is 3.25. The van der Waals surface area contributed by atoms with Crippen LogP contribution in [0.3, 0.4) is 0 Å². The van der Waals surface area contributed by atoms with Crippen LogP contribution in [0.25, 0.3) is 17.0 Å². The number of ether oxygens (including phenoxy) is 1. The third-order valence-electron chi connectivity index (χ3n) is 6.66. The number of hydrogen-bond acceptors (Lipinski definition) is 5. The van der Waals surface area contributed by atoms with E-state index in [0.717, 1.165) is 25.2 Å². The van der Waals surface area contributed by atoms with E-state index < -0.39 is 5.97 Å². The fourth-order valence-electron chi connectivity index (χ4n) is 4.61. The Kier molecular flexibility index (Phi) is 11.5. The van der Waals surface area contributed by atoms with E-state index in [2.05, 4.69) is 44.7 Å². The molecular formula is C34H45NO4. The van der Waals surface area contributed by atoms with Crippen LogP contribution in [0.1, 0.15) is 105 Å². The number of fused-ring (bicyclic) bond motifs is 1. The number of carbonyl (C=O) groups is 2. The Morgan fingerprint density at radius 3 is 2.15 bits per heavy atom. The van der Waals surface area contributed by atoms with Crippen LogP contribution in [0.15, 0.2) is 53.0 Å². The van der Waals surface area contributed by atoms with Crippen LogP contribution < -0.4 is 0 Å². The summed E-state index contributed by atoms with van der Waals surface area (Å²) in [6.45, 7) is 15.5. The van der Waals surface area contributed by atoms with E-state index in [1.54, 1.807) is 18.2 Å². The first kappa shape index (κ1) is 30.4. The van der Waals surface area contributed by atoms with Crippen molar-refractivity contribution in [1.82, 2.24) is 4.90 Å². The monoisotopic (exact) mass is 531 g/mol. The topological polar surface area (TPSA) is 59.8 Å². The second-order valence-electron chi connectivity index (χ2n) is 11.0. The number of rotatable bonds is 15. The van der Waals surface area contributed by atoms with Gasteiger partial charge in [-0.25, -0.2) is 4.79 Å². The van der Waals surface area contributed by atoms with Gasteiger partial charge in [0.15, 0.2) is 5.78 Å². The van der Waals surface area contributed by atoms with Crippen molar-refractivity contribution < 1.29 is 18.7 Å². The Morgan fingerprint density at radius 1 is 0.923 bits per heavy atom. The highest BCUT2D eigenvalue weighted by atomic mass is 16.5. The third-order valence-corrected chi connectivity index (χ3v) is 6.66. The summed E-state index contributed by atoms with van der Waals surface area (Å²) in [6.07, 6.45) is 9.60. The Balaban J connectivity index is 1.84. The lowest BCUT2D eigenvalue weighted by molar-refractivity contribution is 0.0378. The highest BCUT2D eigenvalue weighted by Gasteiger charge is 2.24. The summed E-state index contributed by atoms with van der Waals surface area (Å²) in [5.41, 5.74) is 3.21. The number of benzene rings is 2. The number of hydrogen-bond donors (Lipinski definition) is 0. The van der Waals surface area contributed by atoms with Crippen molar-refractivity contribution >= 4 is 28.8 Å². The number of unbranched alkanes of at least 4 members (excludes halogenated alkanes) is 2. The zero-order valence-corrected chi connectivity index (χ0v) is 24.6. The number of esters is 1. The van der Waals surface area contributed by atoms with Crippen molar-refractivity contribution in [2.75, 3.05) is 19.6 Å². The molecule has 0 bridgehead atoms. The minimum Gasteiger partial charge on any atom is -0.460 e. The maximum Gasteiger partial charge on any atom is 0.338 e. The van der Waals surface area contributed by atoms with Crippen molar-refractivity contribution in [2.24, 2.45) is 5.92 Å². The molecule has 0 atom stereocenters. The van der Waals surface area contributed by atoms with Gasteiger partial charge in [-0.15, -0.1) is 0 Å². The molecule has 0 aliphatic heterocycles. The molecule has 1 aromatic heterocycles. The molecule has 0 amide bonds. The van der Waals surface area contributed by atoms with Gasteiger partial charge in [0.1, 0.15) is 11.3 Å². The first-order valence-corrected chi connectivity index (χ1v) is 14.5. The van der Waals surface area contributed by atoms with E-state index in [1.165, 1.54) is 25.7 Å². The van der Waals surface area contributed by atoms with E-state index in [9.17, 15) is 9.59 Å². The third kappa shape index (κ3) is 8.66. The van der Waals surface area contributed by atoms with Gasteiger partial charge in [0.2, 0.25) is 0 Å². The molecule has 1 heterocycles. The second-order valence-corrected chi connectivity index (χ2v) is 11.0. The summed E-state index contributed by atoms with van der Waals surface area (Å²) in [4.78, 5) is 28.9. The largest absolute Gasteiger partial charge is 0.460 e. The standard InChI is InChI=1S/C34H45NO4/c1-7-9-19-35(20-10-8-2)21-11-12-26-13-15-27(16-14-26)33(36)32-29-23-28(34(37)38-25(5)6)17-18-30(29)39-31(32)22-24(3)4/h11-18,23-25H,7-10,19-22H2,1-6H3. The van der Waals surface area contributed by atoms with Gasteiger partial charge in [0, 0.05) is 23.9 Å². The molecule has 2 aromatic carbocycles. The molecular weight excluding hydrogens is 486 g/mol. The smallest absolute Gasteiger partial charge is 0.338 e. The molecule has 0 radical (unpaired) electrons. The Labute approximate surface area is 234 Å². The summed E-state index contributed by atoms with van der Waals surface area (Å²) in [6, 6.07) is 12.9. The molecule has 39 heavy (non-hydrogen) atoms. The Hall–Kier alpha value is -3.18. The summed E-state index contributed by atoms with van der Waals surface area (Å²) in [7, 11) is 0. The van der Waals surface area contributed by atoms with Gasteiger partial charge in [-0.2, -0.15) is 0 Å². The normalized spacial score (nSPS) is 11.9. The van der Waals surface area contributed by atoms with Gasteiger partial charge in [0.25, 0.3) is 0 Å². The summed E-state index contributed by atoms with van der Waals surface area (Å²) >= 11 is 0. The van der Waals surface area contributed by atoms with Crippen LogP contribution in [0, 0.1) is 5.92 Å². The van der Waals surface area contributed by atoms with Gasteiger partial charge in [-0.05, 0) is 69.5 Å². The van der Waals surface area contributed by atoms with Crippen LogP contribution >= 0.6 is 0 Å². The second kappa shape index (κ2) is 14.8. The zero-order valence-electron chi connectivity index (χ0n) is 24.6. The Bertz CT molecular complexity index is 1240. The molecule has 0 saturated heterocycles. The van der Waals surface area contributed by atoms with E-state index in [-0.39, 0.29) is 11.9 Å².